The Bertz CT molecular complexity index is 355. The van der Waals surface area contributed by atoms with Crippen molar-refractivity contribution < 1.29 is 18.0 Å². The molecule has 19 heavy (non-hydrogen) atoms. The molecular weight excluding hydrogens is 255 g/mol. The van der Waals surface area contributed by atoms with Gasteiger partial charge in [0.1, 0.15) is 0 Å². The molecule has 0 aliphatic heterocycles. The lowest BCUT2D eigenvalue weighted by Gasteiger charge is -2.59. The van der Waals surface area contributed by atoms with Crippen LogP contribution in [0, 0.1) is 23.2 Å². The molecule has 4 bridgehead atoms. The Morgan fingerprint density at radius 2 is 1.53 bits per heavy atom. The first-order valence-corrected chi connectivity index (χ1v) is 7.16. The molecule has 0 aromatic heterocycles. The molecule has 4 saturated carbocycles. The number of hydrogen-bond donors (Lipinski definition) is 1. The van der Waals surface area contributed by atoms with E-state index in [1.54, 1.807) is 6.92 Å². The van der Waals surface area contributed by atoms with E-state index < -0.39 is 12.1 Å². The van der Waals surface area contributed by atoms with Gasteiger partial charge in [-0.15, -0.1) is 0 Å². The van der Waals surface area contributed by atoms with Crippen LogP contribution in [-0.4, -0.2) is 18.1 Å². The van der Waals surface area contributed by atoms with Gasteiger partial charge in [0.15, 0.2) is 0 Å². The van der Waals surface area contributed by atoms with Crippen LogP contribution in [0.15, 0.2) is 0 Å². The maximum atomic E-state index is 12.4. The first kappa shape index (κ1) is 13.3. The van der Waals surface area contributed by atoms with E-state index in [0.29, 0.717) is 17.8 Å². The van der Waals surface area contributed by atoms with Crippen LogP contribution in [-0.2, 0) is 4.79 Å². The second-order valence-corrected chi connectivity index (χ2v) is 6.97. The molecule has 0 heterocycles. The van der Waals surface area contributed by atoms with Crippen molar-refractivity contribution in [2.45, 2.75) is 57.7 Å². The fourth-order valence-electron chi connectivity index (χ4n) is 5.14. The van der Waals surface area contributed by atoms with Crippen molar-refractivity contribution in [3.8, 4) is 0 Å². The third-order valence-electron chi connectivity index (χ3n) is 5.61. The maximum absolute atomic E-state index is 12.4. The van der Waals surface area contributed by atoms with Gasteiger partial charge in [0.05, 0.1) is 0 Å². The van der Waals surface area contributed by atoms with Crippen molar-refractivity contribution in [3.63, 3.8) is 0 Å². The van der Waals surface area contributed by atoms with Crippen LogP contribution in [0.1, 0.15) is 45.4 Å². The van der Waals surface area contributed by atoms with E-state index in [-0.39, 0.29) is 11.5 Å². The van der Waals surface area contributed by atoms with Crippen LogP contribution >= 0.6 is 0 Å². The molecule has 0 radical (unpaired) electrons. The Labute approximate surface area is 111 Å². The van der Waals surface area contributed by atoms with E-state index in [1.807, 2.05) is 0 Å². The van der Waals surface area contributed by atoms with Gasteiger partial charge in [0, 0.05) is 6.04 Å². The molecule has 2 nitrogen and oxygen atoms in total. The summed E-state index contributed by atoms with van der Waals surface area (Å²) in [6.07, 6.45) is 1.98. The zero-order chi connectivity index (χ0) is 13.8. The highest BCUT2D eigenvalue weighted by Gasteiger charge is 2.54. The van der Waals surface area contributed by atoms with E-state index in [4.69, 9.17) is 0 Å². The number of carbonyl (C=O) groups excluding carboxylic acids is 1. The van der Waals surface area contributed by atoms with Crippen LogP contribution in [0.4, 0.5) is 13.2 Å². The monoisotopic (exact) mass is 275 g/mol. The quantitative estimate of drug-likeness (QED) is 0.823. The van der Waals surface area contributed by atoms with Gasteiger partial charge in [-0.1, -0.05) is 0 Å². The van der Waals surface area contributed by atoms with E-state index in [1.165, 1.54) is 19.3 Å². The van der Waals surface area contributed by atoms with Crippen molar-refractivity contribution in [3.05, 3.63) is 0 Å². The molecule has 0 saturated heterocycles. The molecular formula is C14H20F3NO. The van der Waals surface area contributed by atoms with E-state index in [9.17, 15) is 18.0 Å². The highest BCUT2D eigenvalue weighted by atomic mass is 19.4. The number of rotatable bonds is 2. The molecule has 4 fully saturated rings. The van der Waals surface area contributed by atoms with Gasteiger partial charge in [-0.25, -0.2) is 0 Å². The summed E-state index contributed by atoms with van der Waals surface area (Å²) in [4.78, 5) is 11.1. The summed E-state index contributed by atoms with van der Waals surface area (Å²) in [5, 5.41) is 2.21. The summed E-state index contributed by atoms with van der Waals surface area (Å²) in [5.41, 5.74) is -0.0738. The third kappa shape index (κ3) is 2.25. The standard InChI is InChI=1S/C14H20F3NO/c1-8(18-12(19)14(15,16)17)13-5-9-2-10(6-13)4-11(3-9)7-13/h8-11H,2-7H2,1H3,(H,18,19). The first-order chi connectivity index (χ1) is 8.78. The summed E-state index contributed by atoms with van der Waals surface area (Å²) in [6.45, 7) is 1.76. The zero-order valence-corrected chi connectivity index (χ0v) is 11.1. The molecule has 1 atom stereocenters. The molecule has 0 aromatic carbocycles. The third-order valence-corrected chi connectivity index (χ3v) is 5.61. The second-order valence-electron chi connectivity index (χ2n) is 6.97. The SMILES string of the molecule is CC(NC(=O)C(F)(F)F)C12CC3CC(CC(C3)C1)C2. The minimum Gasteiger partial charge on any atom is -0.345 e. The molecule has 4 aliphatic rings. The number of amides is 1. The number of hydrogen-bond acceptors (Lipinski definition) is 1. The normalized spacial score (nSPS) is 42.2. The van der Waals surface area contributed by atoms with Gasteiger partial charge in [0.2, 0.25) is 0 Å². The van der Waals surface area contributed by atoms with Crippen LogP contribution in [0.25, 0.3) is 0 Å². The fraction of sp³-hybridized carbons (Fsp3) is 0.929. The van der Waals surface area contributed by atoms with Crippen molar-refractivity contribution >= 4 is 5.91 Å². The lowest BCUT2D eigenvalue weighted by Crippen LogP contribution is -2.57. The molecule has 4 aliphatic carbocycles. The molecule has 0 spiro atoms. The van der Waals surface area contributed by atoms with Crippen LogP contribution < -0.4 is 5.32 Å². The van der Waals surface area contributed by atoms with Gasteiger partial charge in [0.25, 0.3) is 0 Å². The zero-order valence-electron chi connectivity index (χ0n) is 11.1. The average molecular weight is 275 g/mol. The minimum absolute atomic E-state index is 0.0738. The minimum atomic E-state index is -4.77. The number of nitrogens with one attached hydrogen (secondary N) is 1. The van der Waals surface area contributed by atoms with E-state index >= 15 is 0 Å². The Balaban J connectivity index is 1.73. The highest BCUT2D eigenvalue weighted by Crippen LogP contribution is 2.61. The smallest absolute Gasteiger partial charge is 0.345 e. The lowest BCUT2D eigenvalue weighted by molar-refractivity contribution is -0.176. The van der Waals surface area contributed by atoms with Crippen molar-refractivity contribution in [1.82, 2.24) is 5.32 Å². The lowest BCUT2D eigenvalue weighted by atomic mass is 9.48. The van der Waals surface area contributed by atoms with Gasteiger partial charge in [-0.3, -0.25) is 4.79 Å². The molecule has 1 unspecified atom stereocenters. The number of alkyl halides is 3. The van der Waals surface area contributed by atoms with Crippen LogP contribution in [0.2, 0.25) is 0 Å². The summed E-state index contributed by atoms with van der Waals surface area (Å²) < 4.78 is 37.1. The molecule has 108 valence electrons. The summed E-state index contributed by atoms with van der Waals surface area (Å²) in [7, 11) is 0. The largest absolute Gasteiger partial charge is 0.471 e. The molecule has 1 N–H and O–H groups in total. The summed E-state index contributed by atoms with van der Waals surface area (Å²) >= 11 is 0. The Morgan fingerprint density at radius 3 is 1.89 bits per heavy atom. The number of halogens is 3. The molecule has 1 amide bonds. The van der Waals surface area contributed by atoms with E-state index in [0.717, 1.165) is 19.3 Å². The van der Waals surface area contributed by atoms with Crippen molar-refractivity contribution in [2.75, 3.05) is 0 Å². The van der Waals surface area contributed by atoms with Crippen molar-refractivity contribution in [1.29, 1.82) is 0 Å². The highest BCUT2D eigenvalue weighted by molar-refractivity contribution is 5.82. The van der Waals surface area contributed by atoms with Gasteiger partial charge >= 0.3 is 12.1 Å². The van der Waals surface area contributed by atoms with Gasteiger partial charge in [-0.05, 0) is 68.6 Å². The van der Waals surface area contributed by atoms with Crippen LogP contribution in [0.3, 0.4) is 0 Å². The van der Waals surface area contributed by atoms with E-state index in [2.05, 4.69) is 5.32 Å². The summed E-state index contributed by atoms with van der Waals surface area (Å²) in [6, 6.07) is -0.366. The predicted octanol–water partition coefficient (Wildman–Crippen LogP) is 3.27. The maximum Gasteiger partial charge on any atom is 0.471 e. The van der Waals surface area contributed by atoms with Gasteiger partial charge < -0.3 is 5.32 Å². The van der Waals surface area contributed by atoms with Gasteiger partial charge in [-0.2, -0.15) is 13.2 Å². The molecule has 0 aromatic rings. The molecule has 5 heteroatoms. The Kier molecular flexibility index (Phi) is 2.88. The van der Waals surface area contributed by atoms with Crippen molar-refractivity contribution in [2.24, 2.45) is 23.2 Å². The molecule has 4 rings (SSSR count). The number of carbonyl (C=O) groups is 1. The first-order valence-electron chi connectivity index (χ1n) is 7.16. The van der Waals surface area contributed by atoms with Crippen LogP contribution in [0.5, 0.6) is 0 Å². The topological polar surface area (TPSA) is 29.1 Å². The average Bonchev–Trinajstić information content (AvgIpc) is 2.25. The Morgan fingerprint density at radius 1 is 1.11 bits per heavy atom. The Hall–Kier alpha value is -0.740. The predicted molar refractivity (Wildman–Crippen MR) is 64.3 cm³/mol. The fourth-order valence-corrected chi connectivity index (χ4v) is 5.14. The second kappa shape index (κ2) is 4.13. The summed E-state index contributed by atoms with van der Waals surface area (Å²) in [5.74, 6) is 0.250.